The van der Waals surface area contributed by atoms with Crippen LogP contribution in [0.1, 0.15) is 31.9 Å². The van der Waals surface area contributed by atoms with Crippen molar-refractivity contribution in [1.82, 2.24) is 9.88 Å². The molecule has 5 heteroatoms. The van der Waals surface area contributed by atoms with Crippen LogP contribution >= 0.6 is 0 Å². The molecule has 1 unspecified atom stereocenters. The number of aromatic nitrogens is 1. The van der Waals surface area contributed by atoms with Gasteiger partial charge in [-0.2, -0.15) is 0 Å². The summed E-state index contributed by atoms with van der Waals surface area (Å²) in [5.74, 6) is 0.754. The number of carbonyl (C=O) groups excluding carboxylic acids is 1. The third-order valence-corrected chi connectivity index (χ3v) is 3.60. The molecule has 1 saturated heterocycles. The maximum Gasteiger partial charge on any atom is 0.323 e. The first-order chi connectivity index (χ1) is 9.74. The van der Waals surface area contributed by atoms with Crippen molar-refractivity contribution >= 4 is 11.8 Å². The molecule has 1 aliphatic rings. The largest absolute Gasteiger partial charge is 0.465 e. The number of esters is 1. The van der Waals surface area contributed by atoms with Gasteiger partial charge in [-0.05, 0) is 38.4 Å². The van der Waals surface area contributed by atoms with Crippen molar-refractivity contribution in [3.8, 4) is 0 Å². The van der Waals surface area contributed by atoms with Crippen LogP contribution in [0.5, 0.6) is 0 Å². The molecule has 1 aromatic rings. The maximum atomic E-state index is 12.0. The van der Waals surface area contributed by atoms with Gasteiger partial charge in [0.1, 0.15) is 11.9 Å². The second-order valence-corrected chi connectivity index (χ2v) is 5.00. The summed E-state index contributed by atoms with van der Waals surface area (Å²) in [6.07, 6.45) is 3.09. The van der Waals surface area contributed by atoms with E-state index in [2.05, 4.69) is 15.2 Å². The second-order valence-electron chi connectivity index (χ2n) is 5.00. The van der Waals surface area contributed by atoms with Gasteiger partial charge in [-0.1, -0.05) is 12.5 Å². The van der Waals surface area contributed by atoms with Crippen LogP contribution < -0.4 is 5.32 Å². The molecule has 1 N–H and O–H groups in total. The van der Waals surface area contributed by atoms with Crippen LogP contribution in [-0.2, 0) is 16.1 Å². The highest BCUT2D eigenvalue weighted by molar-refractivity contribution is 5.75. The van der Waals surface area contributed by atoms with Crippen molar-refractivity contribution in [3.63, 3.8) is 0 Å². The number of likely N-dealkylation sites (tertiary alicyclic amines) is 1. The van der Waals surface area contributed by atoms with Gasteiger partial charge in [-0.3, -0.25) is 9.69 Å². The Hall–Kier alpha value is -1.62. The SMILES string of the molecule is CCOC(=O)C1CCCCN1Cc1cccc(NC)n1. The van der Waals surface area contributed by atoms with E-state index in [-0.39, 0.29) is 12.0 Å². The maximum absolute atomic E-state index is 12.0. The molecule has 20 heavy (non-hydrogen) atoms. The molecule has 2 heterocycles. The number of hydrogen-bond acceptors (Lipinski definition) is 5. The monoisotopic (exact) mass is 277 g/mol. The van der Waals surface area contributed by atoms with Gasteiger partial charge in [0.25, 0.3) is 0 Å². The highest BCUT2D eigenvalue weighted by Crippen LogP contribution is 2.20. The molecule has 1 aromatic heterocycles. The predicted molar refractivity (Wildman–Crippen MR) is 78.5 cm³/mol. The van der Waals surface area contributed by atoms with Crippen LogP contribution in [0.4, 0.5) is 5.82 Å². The van der Waals surface area contributed by atoms with Gasteiger partial charge in [-0.15, -0.1) is 0 Å². The lowest BCUT2D eigenvalue weighted by Crippen LogP contribution is -2.45. The third-order valence-electron chi connectivity index (χ3n) is 3.60. The summed E-state index contributed by atoms with van der Waals surface area (Å²) >= 11 is 0. The molecule has 1 fully saturated rings. The van der Waals surface area contributed by atoms with E-state index in [0.29, 0.717) is 13.2 Å². The van der Waals surface area contributed by atoms with Crippen molar-refractivity contribution in [2.75, 3.05) is 25.5 Å². The van der Waals surface area contributed by atoms with Crippen LogP contribution in [0.2, 0.25) is 0 Å². The first-order valence-corrected chi connectivity index (χ1v) is 7.29. The van der Waals surface area contributed by atoms with Gasteiger partial charge in [-0.25, -0.2) is 4.98 Å². The number of ether oxygens (including phenoxy) is 1. The van der Waals surface area contributed by atoms with E-state index < -0.39 is 0 Å². The fourth-order valence-electron chi connectivity index (χ4n) is 2.60. The van der Waals surface area contributed by atoms with Crippen LogP contribution in [-0.4, -0.2) is 42.1 Å². The molecule has 2 rings (SSSR count). The van der Waals surface area contributed by atoms with Gasteiger partial charge < -0.3 is 10.1 Å². The van der Waals surface area contributed by atoms with Crippen LogP contribution in [0.3, 0.4) is 0 Å². The van der Waals surface area contributed by atoms with E-state index in [1.54, 1.807) is 0 Å². The Kier molecular flexibility index (Phi) is 5.35. The molecule has 0 aliphatic carbocycles. The average Bonchev–Trinajstić information content (AvgIpc) is 2.48. The molecule has 0 radical (unpaired) electrons. The number of nitrogens with one attached hydrogen (secondary N) is 1. The summed E-state index contributed by atoms with van der Waals surface area (Å²) in [7, 11) is 1.86. The second kappa shape index (κ2) is 7.24. The first-order valence-electron chi connectivity index (χ1n) is 7.29. The van der Waals surface area contributed by atoms with E-state index in [0.717, 1.165) is 37.3 Å². The zero-order valence-electron chi connectivity index (χ0n) is 12.3. The first kappa shape index (κ1) is 14.8. The quantitative estimate of drug-likeness (QED) is 0.835. The van der Waals surface area contributed by atoms with Gasteiger partial charge >= 0.3 is 5.97 Å². The summed E-state index contributed by atoms with van der Waals surface area (Å²) in [4.78, 5) is 18.7. The normalized spacial score (nSPS) is 19.6. The molecule has 0 spiro atoms. The molecule has 1 atom stereocenters. The van der Waals surface area contributed by atoms with Crippen molar-refractivity contribution in [2.45, 2.75) is 38.8 Å². The molecule has 0 amide bonds. The topological polar surface area (TPSA) is 54.5 Å². The number of piperidine rings is 1. The minimum absolute atomic E-state index is 0.100. The van der Waals surface area contributed by atoms with E-state index in [1.165, 1.54) is 0 Å². The van der Waals surface area contributed by atoms with Crippen molar-refractivity contribution in [3.05, 3.63) is 23.9 Å². The fraction of sp³-hybridized carbons (Fsp3) is 0.600. The Morgan fingerprint density at radius 3 is 3.10 bits per heavy atom. The molecular formula is C15H23N3O2. The number of carbonyl (C=O) groups is 1. The fourth-order valence-corrected chi connectivity index (χ4v) is 2.60. The van der Waals surface area contributed by atoms with Crippen molar-refractivity contribution in [1.29, 1.82) is 0 Å². The Bertz CT molecular complexity index is 450. The Balaban J connectivity index is 2.06. The number of pyridine rings is 1. The number of rotatable bonds is 5. The summed E-state index contributed by atoms with van der Waals surface area (Å²) in [5, 5.41) is 3.04. The van der Waals surface area contributed by atoms with E-state index in [1.807, 2.05) is 32.2 Å². The Labute approximate surface area is 120 Å². The zero-order chi connectivity index (χ0) is 14.4. The van der Waals surface area contributed by atoms with Crippen LogP contribution in [0, 0.1) is 0 Å². The lowest BCUT2D eigenvalue weighted by molar-refractivity contribution is -0.151. The summed E-state index contributed by atoms with van der Waals surface area (Å²) in [5.41, 5.74) is 0.980. The minimum atomic E-state index is -0.122. The predicted octanol–water partition coefficient (Wildman–Crippen LogP) is 2.04. The van der Waals surface area contributed by atoms with Crippen LogP contribution in [0.25, 0.3) is 0 Å². The third kappa shape index (κ3) is 3.70. The molecule has 110 valence electrons. The zero-order valence-corrected chi connectivity index (χ0v) is 12.3. The van der Waals surface area contributed by atoms with Crippen molar-refractivity contribution < 1.29 is 9.53 Å². The van der Waals surface area contributed by atoms with E-state index in [4.69, 9.17) is 4.74 Å². The highest BCUT2D eigenvalue weighted by atomic mass is 16.5. The molecule has 1 aliphatic heterocycles. The summed E-state index contributed by atoms with van der Waals surface area (Å²) < 4.78 is 5.18. The lowest BCUT2D eigenvalue weighted by Gasteiger charge is -2.33. The molecule has 0 saturated carbocycles. The molecule has 0 aromatic carbocycles. The van der Waals surface area contributed by atoms with Crippen LogP contribution in [0.15, 0.2) is 18.2 Å². The minimum Gasteiger partial charge on any atom is -0.465 e. The average molecular weight is 277 g/mol. The number of hydrogen-bond donors (Lipinski definition) is 1. The standard InChI is InChI=1S/C15H23N3O2/c1-3-20-15(19)13-8-4-5-10-18(13)11-12-7-6-9-14(16-2)17-12/h6-7,9,13H,3-5,8,10-11H2,1-2H3,(H,16,17). The molecule has 0 bridgehead atoms. The number of nitrogens with zero attached hydrogens (tertiary/aromatic N) is 2. The summed E-state index contributed by atoms with van der Waals surface area (Å²) in [6, 6.07) is 5.79. The van der Waals surface area contributed by atoms with E-state index in [9.17, 15) is 4.79 Å². The van der Waals surface area contributed by atoms with Gasteiger partial charge in [0, 0.05) is 13.6 Å². The highest BCUT2D eigenvalue weighted by Gasteiger charge is 2.29. The molecular weight excluding hydrogens is 254 g/mol. The lowest BCUT2D eigenvalue weighted by atomic mass is 10.0. The van der Waals surface area contributed by atoms with Gasteiger partial charge in [0.2, 0.25) is 0 Å². The Morgan fingerprint density at radius 2 is 2.35 bits per heavy atom. The molecule has 5 nitrogen and oxygen atoms in total. The smallest absolute Gasteiger partial charge is 0.323 e. The van der Waals surface area contributed by atoms with E-state index >= 15 is 0 Å². The van der Waals surface area contributed by atoms with Gasteiger partial charge in [0.15, 0.2) is 0 Å². The van der Waals surface area contributed by atoms with Gasteiger partial charge in [0.05, 0.1) is 12.3 Å². The Morgan fingerprint density at radius 1 is 1.50 bits per heavy atom. The van der Waals surface area contributed by atoms with Crippen molar-refractivity contribution in [2.24, 2.45) is 0 Å². The number of anilines is 1. The summed E-state index contributed by atoms with van der Waals surface area (Å²) in [6.45, 7) is 3.91.